The van der Waals surface area contributed by atoms with Crippen molar-refractivity contribution in [2.75, 3.05) is 31.2 Å². The van der Waals surface area contributed by atoms with Crippen molar-refractivity contribution in [3.63, 3.8) is 0 Å². The Morgan fingerprint density at radius 3 is 2.46 bits per heavy atom. The minimum atomic E-state index is -3.93. The van der Waals surface area contributed by atoms with Crippen LogP contribution in [0, 0.1) is 0 Å². The molecule has 0 amide bonds. The molecule has 1 aliphatic heterocycles. The van der Waals surface area contributed by atoms with E-state index in [0.29, 0.717) is 36.6 Å². The standard InChI is InChI=1S/C26H25NO7S/c1-3-33-20-10-8-19(9-11-20)24(28)17-34-26(29)22-16-21(12-13-25(22)32-2)35(30,31)27-15-14-18-6-4-5-7-23(18)27/h4-13,16H,3,14-15,17H2,1-2H3. The van der Waals surface area contributed by atoms with Crippen LogP contribution in [-0.2, 0) is 21.2 Å². The Morgan fingerprint density at radius 1 is 1.00 bits per heavy atom. The Morgan fingerprint density at radius 2 is 1.74 bits per heavy atom. The first-order valence-electron chi connectivity index (χ1n) is 11.1. The van der Waals surface area contributed by atoms with Gasteiger partial charge >= 0.3 is 5.97 Å². The second kappa shape index (κ2) is 10.2. The number of benzene rings is 3. The Labute approximate surface area is 204 Å². The van der Waals surface area contributed by atoms with Gasteiger partial charge in [-0.25, -0.2) is 13.2 Å². The van der Waals surface area contributed by atoms with Gasteiger partial charge in [0.2, 0.25) is 0 Å². The molecule has 0 spiro atoms. The summed E-state index contributed by atoms with van der Waals surface area (Å²) in [7, 11) is -2.56. The van der Waals surface area contributed by atoms with Crippen LogP contribution in [0.15, 0.2) is 71.6 Å². The third-order valence-electron chi connectivity index (χ3n) is 5.65. The number of rotatable bonds is 9. The number of para-hydroxylation sites is 1. The zero-order valence-electron chi connectivity index (χ0n) is 19.4. The van der Waals surface area contributed by atoms with Gasteiger partial charge in [-0.2, -0.15) is 0 Å². The van der Waals surface area contributed by atoms with Crippen LogP contribution >= 0.6 is 0 Å². The molecule has 3 aromatic carbocycles. The molecule has 3 aromatic rings. The van der Waals surface area contributed by atoms with E-state index in [2.05, 4.69) is 0 Å². The highest BCUT2D eigenvalue weighted by Crippen LogP contribution is 2.34. The third-order valence-corrected chi connectivity index (χ3v) is 7.45. The number of esters is 1. The van der Waals surface area contributed by atoms with Gasteiger partial charge < -0.3 is 14.2 Å². The molecule has 0 aliphatic carbocycles. The fraction of sp³-hybridized carbons (Fsp3) is 0.231. The normalized spacial score (nSPS) is 12.7. The van der Waals surface area contributed by atoms with Crippen molar-refractivity contribution in [1.82, 2.24) is 0 Å². The van der Waals surface area contributed by atoms with Crippen molar-refractivity contribution in [1.29, 1.82) is 0 Å². The minimum absolute atomic E-state index is 0.0696. The highest BCUT2D eigenvalue weighted by molar-refractivity contribution is 7.92. The molecule has 0 N–H and O–H groups in total. The number of hydrogen-bond donors (Lipinski definition) is 0. The number of fused-ring (bicyclic) bond motifs is 1. The number of Topliss-reactive ketones (excluding diaryl/α,β-unsaturated/α-hetero) is 1. The average molecular weight is 496 g/mol. The lowest BCUT2D eigenvalue weighted by Crippen LogP contribution is -2.29. The second-order valence-corrected chi connectivity index (χ2v) is 9.64. The second-order valence-electron chi connectivity index (χ2n) is 7.77. The first kappa shape index (κ1) is 24.3. The molecule has 0 bridgehead atoms. The highest BCUT2D eigenvalue weighted by atomic mass is 32.2. The van der Waals surface area contributed by atoms with Gasteiger partial charge in [-0.05, 0) is 67.4 Å². The number of carbonyl (C=O) groups excluding carboxylic acids is 2. The Balaban J connectivity index is 1.52. The Bertz CT molecular complexity index is 1350. The summed E-state index contributed by atoms with van der Waals surface area (Å²) in [5, 5.41) is 0. The van der Waals surface area contributed by atoms with Crippen LogP contribution in [0.4, 0.5) is 5.69 Å². The molecule has 0 radical (unpaired) electrons. The molecule has 182 valence electrons. The van der Waals surface area contributed by atoms with Crippen molar-refractivity contribution in [3.8, 4) is 11.5 Å². The number of sulfonamides is 1. The third kappa shape index (κ3) is 5.00. The summed E-state index contributed by atoms with van der Waals surface area (Å²) >= 11 is 0. The van der Waals surface area contributed by atoms with Crippen LogP contribution in [-0.4, -0.2) is 47.0 Å². The predicted molar refractivity (Wildman–Crippen MR) is 130 cm³/mol. The molecule has 4 rings (SSSR count). The van der Waals surface area contributed by atoms with E-state index < -0.39 is 28.4 Å². The summed E-state index contributed by atoms with van der Waals surface area (Å²) in [6.07, 6.45) is 0.605. The van der Waals surface area contributed by atoms with Gasteiger partial charge in [-0.3, -0.25) is 9.10 Å². The number of ketones is 1. The van der Waals surface area contributed by atoms with Crippen molar-refractivity contribution in [2.45, 2.75) is 18.2 Å². The zero-order valence-corrected chi connectivity index (χ0v) is 20.2. The topological polar surface area (TPSA) is 99.2 Å². The van der Waals surface area contributed by atoms with E-state index in [9.17, 15) is 18.0 Å². The van der Waals surface area contributed by atoms with Crippen LogP contribution < -0.4 is 13.8 Å². The molecular formula is C26H25NO7S. The van der Waals surface area contributed by atoms with Gasteiger partial charge in [0, 0.05) is 12.1 Å². The van der Waals surface area contributed by atoms with Gasteiger partial charge in [0.05, 0.1) is 24.3 Å². The quantitative estimate of drug-likeness (QED) is 0.328. The van der Waals surface area contributed by atoms with E-state index in [1.165, 1.54) is 29.6 Å². The first-order valence-corrected chi connectivity index (χ1v) is 12.5. The number of methoxy groups -OCH3 is 1. The van der Waals surface area contributed by atoms with E-state index >= 15 is 0 Å². The van der Waals surface area contributed by atoms with Crippen LogP contribution in [0.25, 0.3) is 0 Å². The van der Waals surface area contributed by atoms with Crippen LogP contribution in [0.2, 0.25) is 0 Å². The maximum atomic E-state index is 13.4. The van der Waals surface area contributed by atoms with E-state index in [-0.39, 0.29) is 16.2 Å². The number of carbonyl (C=O) groups is 2. The lowest BCUT2D eigenvalue weighted by Gasteiger charge is -2.20. The summed E-state index contributed by atoms with van der Waals surface area (Å²) < 4.78 is 43.9. The fourth-order valence-corrected chi connectivity index (χ4v) is 5.42. The van der Waals surface area contributed by atoms with Crippen molar-refractivity contribution < 1.29 is 32.2 Å². The maximum Gasteiger partial charge on any atom is 0.342 e. The molecule has 0 saturated carbocycles. The molecule has 0 aromatic heterocycles. The molecular weight excluding hydrogens is 470 g/mol. The number of ether oxygens (including phenoxy) is 3. The maximum absolute atomic E-state index is 13.4. The van der Waals surface area contributed by atoms with Gasteiger partial charge in [0.25, 0.3) is 10.0 Å². The number of hydrogen-bond acceptors (Lipinski definition) is 7. The van der Waals surface area contributed by atoms with Crippen LogP contribution in [0.3, 0.4) is 0 Å². The molecule has 9 heteroatoms. The zero-order chi connectivity index (χ0) is 25.0. The molecule has 8 nitrogen and oxygen atoms in total. The molecule has 0 saturated heterocycles. The highest BCUT2D eigenvalue weighted by Gasteiger charge is 2.32. The number of nitrogens with zero attached hydrogens (tertiary/aromatic N) is 1. The van der Waals surface area contributed by atoms with Gasteiger partial charge in [0.1, 0.15) is 17.1 Å². The predicted octanol–water partition coefficient (Wildman–Crippen LogP) is 3.89. The summed E-state index contributed by atoms with van der Waals surface area (Å²) in [4.78, 5) is 25.2. The van der Waals surface area contributed by atoms with E-state index in [0.717, 1.165) is 5.56 Å². The molecule has 1 heterocycles. The van der Waals surface area contributed by atoms with Crippen molar-refractivity contribution in [2.24, 2.45) is 0 Å². The van der Waals surface area contributed by atoms with Crippen molar-refractivity contribution >= 4 is 27.5 Å². The van der Waals surface area contributed by atoms with E-state index in [1.807, 2.05) is 19.1 Å². The smallest absolute Gasteiger partial charge is 0.342 e. The van der Waals surface area contributed by atoms with Gasteiger partial charge in [-0.1, -0.05) is 18.2 Å². The number of anilines is 1. The van der Waals surface area contributed by atoms with Crippen molar-refractivity contribution in [3.05, 3.63) is 83.4 Å². The van der Waals surface area contributed by atoms with Gasteiger partial charge in [-0.15, -0.1) is 0 Å². The van der Waals surface area contributed by atoms with E-state index in [1.54, 1.807) is 36.4 Å². The monoisotopic (exact) mass is 495 g/mol. The Kier molecular flexibility index (Phi) is 7.07. The van der Waals surface area contributed by atoms with E-state index in [4.69, 9.17) is 14.2 Å². The molecule has 0 unspecified atom stereocenters. The molecule has 1 aliphatic rings. The SMILES string of the molecule is CCOc1ccc(C(=O)COC(=O)c2cc(S(=O)(=O)N3CCc4ccccc43)ccc2OC)cc1. The average Bonchev–Trinajstić information content (AvgIpc) is 3.32. The van der Waals surface area contributed by atoms with Crippen LogP contribution in [0.5, 0.6) is 11.5 Å². The first-order chi connectivity index (χ1) is 16.8. The van der Waals surface area contributed by atoms with Crippen LogP contribution in [0.1, 0.15) is 33.2 Å². The van der Waals surface area contributed by atoms with Gasteiger partial charge in [0.15, 0.2) is 12.4 Å². The largest absolute Gasteiger partial charge is 0.496 e. The lowest BCUT2D eigenvalue weighted by atomic mass is 10.1. The lowest BCUT2D eigenvalue weighted by molar-refractivity contribution is 0.0471. The summed E-state index contributed by atoms with van der Waals surface area (Å²) in [6, 6.07) is 17.8. The molecule has 0 fully saturated rings. The summed E-state index contributed by atoms with van der Waals surface area (Å²) in [6.45, 7) is 2.17. The molecule has 35 heavy (non-hydrogen) atoms. The fourth-order valence-electron chi connectivity index (χ4n) is 3.89. The molecule has 0 atom stereocenters. The Hall–Kier alpha value is -3.85. The summed E-state index contributed by atoms with van der Waals surface area (Å²) in [5.41, 5.74) is 1.84. The summed E-state index contributed by atoms with van der Waals surface area (Å²) in [5.74, 6) is -0.494. The minimum Gasteiger partial charge on any atom is -0.496 e.